The highest BCUT2D eigenvalue weighted by Crippen LogP contribution is 2.39. The Labute approximate surface area is 121 Å². The first-order valence-electron chi connectivity index (χ1n) is 8.05. The van der Waals surface area contributed by atoms with Crippen molar-refractivity contribution in [2.75, 3.05) is 11.9 Å². The topological polar surface area (TPSA) is 47.0 Å². The molecular weight excluding hydrogens is 250 g/mol. The Morgan fingerprint density at radius 1 is 1.20 bits per heavy atom. The monoisotopic (exact) mass is 275 g/mol. The second-order valence-electron chi connectivity index (χ2n) is 6.17. The van der Waals surface area contributed by atoms with E-state index in [4.69, 9.17) is 4.74 Å². The maximum absolute atomic E-state index is 6.18. The standard InChI is InChI=1S/C16H25N3O/c1-3-17-14-10-15(19-16(18-14)12-8-9-12)20-13-7-5-4-6-11(13)2/h10-13H,3-9H2,1-2H3,(H,17,18,19). The summed E-state index contributed by atoms with van der Waals surface area (Å²) in [5, 5.41) is 3.29. The van der Waals surface area contributed by atoms with E-state index in [1.165, 1.54) is 32.1 Å². The average Bonchev–Trinajstić information content (AvgIpc) is 3.26. The minimum absolute atomic E-state index is 0.320. The van der Waals surface area contributed by atoms with Gasteiger partial charge in [-0.2, -0.15) is 4.98 Å². The molecule has 2 unspecified atom stereocenters. The predicted molar refractivity (Wildman–Crippen MR) is 80.2 cm³/mol. The molecule has 0 aliphatic heterocycles. The molecule has 0 radical (unpaired) electrons. The zero-order chi connectivity index (χ0) is 13.9. The Balaban J connectivity index is 1.76. The molecule has 0 bridgehead atoms. The molecule has 2 aliphatic carbocycles. The van der Waals surface area contributed by atoms with E-state index in [0.717, 1.165) is 30.5 Å². The molecule has 1 N–H and O–H groups in total. The van der Waals surface area contributed by atoms with Gasteiger partial charge in [-0.15, -0.1) is 0 Å². The van der Waals surface area contributed by atoms with Crippen molar-refractivity contribution < 1.29 is 4.74 Å². The third-order valence-electron chi connectivity index (χ3n) is 4.33. The summed E-state index contributed by atoms with van der Waals surface area (Å²) in [5.41, 5.74) is 0. The highest BCUT2D eigenvalue weighted by atomic mass is 16.5. The van der Waals surface area contributed by atoms with Crippen molar-refractivity contribution in [3.8, 4) is 5.88 Å². The number of ether oxygens (including phenoxy) is 1. The Kier molecular flexibility index (Phi) is 4.08. The highest BCUT2D eigenvalue weighted by Gasteiger charge is 2.29. The fourth-order valence-corrected chi connectivity index (χ4v) is 2.91. The van der Waals surface area contributed by atoms with Crippen molar-refractivity contribution in [2.24, 2.45) is 5.92 Å². The molecule has 0 saturated heterocycles. The second kappa shape index (κ2) is 5.98. The average molecular weight is 275 g/mol. The highest BCUT2D eigenvalue weighted by molar-refractivity contribution is 5.39. The summed E-state index contributed by atoms with van der Waals surface area (Å²) in [7, 11) is 0. The quantitative estimate of drug-likeness (QED) is 0.889. The number of anilines is 1. The van der Waals surface area contributed by atoms with Crippen LogP contribution in [-0.2, 0) is 0 Å². The first-order chi connectivity index (χ1) is 9.76. The van der Waals surface area contributed by atoms with Gasteiger partial charge in [-0.25, -0.2) is 4.98 Å². The number of hydrogen-bond acceptors (Lipinski definition) is 4. The van der Waals surface area contributed by atoms with E-state index in [9.17, 15) is 0 Å². The van der Waals surface area contributed by atoms with Crippen LogP contribution >= 0.6 is 0 Å². The zero-order valence-electron chi connectivity index (χ0n) is 12.6. The summed E-state index contributed by atoms with van der Waals surface area (Å²) in [5.74, 6) is 3.81. The van der Waals surface area contributed by atoms with Crippen LogP contribution < -0.4 is 10.1 Å². The Hall–Kier alpha value is -1.32. The minimum Gasteiger partial charge on any atom is -0.474 e. The molecule has 2 saturated carbocycles. The molecule has 1 aromatic heterocycles. The van der Waals surface area contributed by atoms with Gasteiger partial charge in [-0.1, -0.05) is 13.3 Å². The van der Waals surface area contributed by atoms with Crippen molar-refractivity contribution in [1.82, 2.24) is 9.97 Å². The summed E-state index contributed by atoms with van der Waals surface area (Å²) in [6.07, 6.45) is 7.78. The Morgan fingerprint density at radius 3 is 2.70 bits per heavy atom. The van der Waals surface area contributed by atoms with Crippen LogP contribution in [-0.4, -0.2) is 22.6 Å². The number of nitrogens with zero attached hydrogens (tertiary/aromatic N) is 2. The first-order valence-corrected chi connectivity index (χ1v) is 8.05. The summed E-state index contributed by atoms with van der Waals surface area (Å²) >= 11 is 0. The van der Waals surface area contributed by atoms with Crippen LogP contribution in [0.1, 0.15) is 64.1 Å². The molecule has 2 aliphatic rings. The smallest absolute Gasteiger partial charge is 0.219 e. The molecule has 0 aromatic carbocycles. The molecule has 4 heteroatoms. The molecule has 0 spiro atoms. The van der Waals surface area contributed by atoms with Crippen molar-refractivity contribution in [3.63, 3.8) is 0 Å². The van der Waals surface area contributed by atoms with Gasteiger partial charge in [-0.05, 0) is 44.9 Å². The maximum atomic E-state index is 6.18. The largest absolute Gasteiger partial charge is 0.474 e. The van der Waals surface area contributed by atoms with Crippen molar-refractivity contribution in [1.29, 1.82) is 0 Å². The third kappa shape index (κ3) is 3.22. The lowest BCUT2D eigenvalue weighted by atomic mass is 9.88. The van der Waals surface area contributed by atoms with Gasteiger partial charge in [0.2, 0.25) is 5.88 Å². The van der Waals surface area contributed by atoms with E-state index < -0.39 is 0 Å². The van der Waals surface area contributed by atoms with Gasteiger partial charge in [0.15, 0.2) is 0 Å². The lowest BCUT2D eigenvalue weighted by Gasteiger charge is -2.29. The van der Waals surface area contributed by atoms with Gasteiger partial charge in [0.1, 0.15) is 17.7 Å². The molecule has 2 fully saturated rings. The molecule has 0 amide bonds. The number of nitrogens with one attached hydrogen (secondary N) is 1. The molecular formula is C16H25N3O. The number of rotatable bonds is 5. The second-order valence-corrected chi connectivity index (χ2v) is 6.17. The Morgan fingerprint density at radius 2 is 2.00 bits per heavy atom. The minimum atomic E-state index is 0.320. The van der Waals surface area contributed by atoms with E-state index in [0.29, 0.717) is 17.9 Å². The van der Waals surface area contributed by atoms with Crippen molar-refractivity contribution in [2.45, 2.75) is 64.4 Å². The lowest BCUT2D eigenvalue weighted by molar-refractivity contribution is 0.0972. The number of hydrogen-bond donors (Lipinski definition) is 1. The molecule has 4 nitrogen and oxygen atoms in total. The fourth-order valence-electron chi connectivity index (χ4n) is 2.91. The van der Waals surface area contributed by atoms with Crippen LogP contribution in [0.4, 0.5) is 5.82 Å². The van der Waals surface area contributed by atoms with E-state index in [-0.39, 0.29) is 0 Å². The summed E-state index contributed by atoms with van der Waals surface area (Å²) in [4.78, 5) is 9.23. The van der Waals surface area contributed by atoms with Crippen molar-refractivity contribution >= 4 is 5.82 Å². The normalized spacial score (nSPS) is 26.3. The van der Waals surface area contributed by atoms with Crippen LogP contribution in [0.5, 0.6) is 5.88 Å². The first kappa shape index (κ1) is 13.7. The molecule has 1 aromatic rings. The molecule has 1 heterocycles. The fraction of sp³-hybridized carbons (Fsp3) is 0.750. The van der Waals surface area contributed by atoms with Gasteiger partial charge in [0.25, 0.3) is 0 Å². The van der Waals surface area contributed by atoms with Crippen molar-refractivity contribution in [3.05, 3.63) is 11.9 Å². The van der Waals surface area contributed by atoms with E-state index in [2.05, 4.69) is 29.1 Å². The summed E-state index contributed by atoms with van der Waals surface area (Å²) in [6, 6.07) is 1.96. The molecule has 20 heavy (non-hydrogen) atoms. The van der Waals surface area contributed by atoms with Gasteiger partial charge in [-0.3, -0.25) is 0 Å². The van der Waals surface area contributed by atoms with E-state index >= 15 is 0 Å². The van der Waals surface area contributed by atoms with E-state index in [1.54, 1.807) is 0 Å². The van der Waals surface area contributed by atoms with Crippen LogP contribution in [0.3, 0.4) is 0 Å². The van der Waals surface area contributed by atoms with E-state index in [1.807, 2.05) is 6.07 Å². The van der Waals surface area contributed by atoms with Gasteiger partial charge < -0.3 is 10.1 Å². The summed E-state index contributed by atoms with van der Waals surface area (Å²) < 4.78 is 6.18. The zero-order valence-corrected chi connectivity index (χ0v) is 12.6. The third-order valence-corrected chi connectivity index (χ3v) is 4.33. The lowest BCUT2D eigenvalue weighted by Crippen LogP contribution is -2.28. The number of aromatic nitrogens is 2. The Bertz CT molecular complexity index is 459. The van der Waals surface area contributed by atoms with Crippen LogP contribution in [0.25, 0.3) is 0 Å². The molecule has 2 atom stereocenters. The molecule has 110 valence electrons. The van der Waals surface area contributed by atoms with Gasteiger partial charge in [0.05, 0.1) is 0 Å². The SMILES string of the molecule is CCNc1cc(OC2CCCCC2C)nc(C2CC2)n1. The van der Waals surface area contributed by atoms with Gasteiger partial charge in [0, 0.05) is 18.5 Å². The molecule has 3 rings (SSSR count). The van der Waals surface area contributed by atoms with Crippen LogP contribution in [0.15, 0.2) is 6.07 Å². The summed E-state index contributed by atoms with van der Waals surface area (Å²) in [6.45, 7) is 5.25. The van der Waals surface area contributed by atoms with Gasteiger partial charge >= 0.3 is 0 Å². The maximum Gasteiger partial charge on any atom is 0.219 e. The van der Waals surface area contributed by atoms with Crippen LogP contribution in [0, 0.1) is 5.92 Å². The van der Waals surface area contributed by atoms with Crippen LogP contribution in [0.2, 0.25) is 0 Å². The predicted octanol–water partition coefficient (Wildman–Crippen LogP) is 3.74.